The van der Waals surface area contributed by atoms with Crippen LogP contribution in [0.5, 0.6) is 0 Å². The van der Waals surface area contributed by atoms with E-state index in [0.29, 0.717) is 6.07 Å². The van der Waals surface area contributed by atoms with Crippen molar-refractivity contribution >= 4 is 27.5 Å². The minimum absolute atomic E-state index is 0.0631. The maximum atomic E-state index is 13.4. The van der Waals surface area contributed by atoms with Crippen LogP contribution >= 0.6 is 11.8 Å². The molecular weight excluding hydrogens is 307 g/mol. The molecule has 110 valence electrons. The van der Waals surface area contributed by atoms with Crippen molar-refractivity contribution in [2.75, 3.05) is 12.8 Å². The van der Waals surface area contributed by atoms with E-state index in [1.165, 1.54) is 0 Å². The summed E-state index contributed by atoms with van der Waals surface area (Å²) in [5.74, 6) is -1.16. The van der Waals surface area contributed by atoms with Crippen LogP contribution in [-0.4, -0.2) is 30.9 Å². The van der Waals surface area contributed by atoms with Crippen LogP contribution in [0.15, 0.2) is 23.1 Å². The average Bonchev–Trinajstić information content (AvgIpc) is 3.16. The highest BCUT2D eigenvalue weighted by molar-refractivity contribution is 8.00. The van der Waals surface area contributed by atoms with Crippen molar-refractivity contribution in [3.8, 4) is 0 Å². The zero-order valence-corrected chi connectivity index (χ0v) is 12.3. The van der Waals surface area contributed by atoms with Crippen molar-refractivity contribution in [1.29, 1.82) is 0 Å². The second-order valence-electron chi connectivity index (χ2n) is 4.58. The second-order valence-corrected chi connectivity index (χ2v) is 7.62. The van der Waals surface area contributed by atoms with Gasteiger partial charge in [0.2, 0.25) is 15.8 Å². The van der Waals surface area contributed by atoms with Crippen molar-refractivity contribution in [1.82, 2.24) is 4.72 Å². The zero-order valence-electron chi connectivity index (χ0n) is 10.6. The molecule has 0 spiro atoms. The van der Waals surface area contributed by atoms with E-state index >= 15 is 0 Å². The summed E-state index contributed by atoms with van der Waals surface area (Å²) in [6.07, 6.45) is 3.78. The fourth-order valence-electron chi connectivity index (χ4n) is 1.71. The highest BCUT2D eigenvalue weighted by Gasteiger charge is 2.42. The van der Waals surface area contributed by atoms with Crippen LogP contribution in [0.4, 0.5) is 10.1 Å². The highest BCUT2D eigenvalue weighted by Crippen LogP contribution is 2.46. The monoisotopic (exact) mass is 320 g/mol. The van der Waals surface area contributed by atoms with Crippen LogP contribution in [0.3, 0.4) is 0 Å². The molecule has 0 saturated heterocycles. The van der Waals surface area contributed by atoms with Gasteiger partial charge in [0.05, 0.1) is 9.82 Å². The van der Waals surface area contributed by atoms with Gasteiger partial charge in [0, 0.05) is 23.4 Å². The molecule has 2 rings (SSSR count). The van der Waals surface area contributed by atoms with Gasteiger partial charge in [0.25, 0.3) is 0 Å². The standard InChI is InChI=1S/C11H13FN2O4S2/c1-19-11(4-5-11)7-13-20(17,18)8-2-3-10(14(15)16)9(12)6-8/h2-3,6,13H,4-5,7H2,1H3. The largest absolute Gasteiger partial charge is 0.304 e. The molecule has 0 bridgehead atoms. The Labute approximate surface area is 120 Å². The number of hydrogen-bond acceptors (Lipinski definition) is 5. The first-order valence-electron chi connectivity index (χ1n) is 5.78. The number of thioether (sulfide) groups is 1. The van der Waals surface area contributed by atoms with Crippen LogP contribution < -0.4 is 4.72 Å². The van der Waals surface area contributed by atoms with Gasteiger partial charge in [-0.15, -0.1) is 0 Å². The fraction of sp³-hybridized carbons (Fsp3) is 0.455. The van der Waals surface area contributed by atoms with Crippen molar-refractivity contribution in [2.24, 2.45) is 0 Å². The first-order valence-corrected chi connectivity index (χ1v) is 8.49. The van der Waals surface area contributed by atoms with Gasteiger partial charge in [-0.3, -0.25) is 10.1 Å². The Hall–Kier alpha value is -1.19. The number of sulfonamides is 1. The lowest BCUT2D eigenvalue weighted by Gasteiger charge is -2.13. The summed E-state index contributed by atoms with van der Waals surface area (Å²) in [5, 5.41) is 10.5. The zero-order chi connectivity index (χ0) is 15.0. The van der Waals surface area contributed by atoms with Crippen LogP contribution in [0.25, 0.3) is 0 Å². The van der Waals surface area contributed by atoms with Crippen LogP contribution in [0.2, 0.25) is 0 Å². The van der Waals surface area contributed by atoms with E-state index in [4.69, 9.17) is 0 Å². The fourth-order valence-corrected chi connectivity index (χ4v) is 3.66. The molecule has 1 aromatic carbocycles. The number of nitrogens with zero attached hydrogens (tertiary/aromatic N) is 1. The predicted octanol–water partition coefficient (Wildman–Crippen LogP) is 1.91. The van der Waals surface area contributed by atoms with Gasteiger partial charge in [-0.05, 0) is 25.2 Å². The van der Waals surface area contributed by atoms with Gasteiger partial charge in [-0.25, -0.2) is 13.1 Å². The third-order valence-electron chi connectivity index (χ3n) is 3.25. The number of rotatable bonds is 6. The molecule has 1 aliphatic carbocycles. The van der Waals surface area contributed by atoms with E-state index in [1.54, 1.807) is 11.8 Å². The average molecular weight is 320 g/mol. The summed E-state index contributed by atoms with van der Waals surface area (Å²) in [6.45, 7) is 0.273. The van der Waals surface area contributed by atoms with Gasteiger partial charge in [0.1, 0.15) is 0 Å². The van der Waals surface area contributed by atoms with E-state index < -0.39 is 26.5 Å². The molecule has 1 aromatic rings. The Morgan fingerprint density at radius 1 is 1.50 bits per heavy atom. The number of hydrogen-bond donors (Lipinski definition) is 1. The molecule has 0 atom stereocenters. The first-order chi connectivity index (χ1) is 9.30. The molecule has 0 aliphatic heterocycles. The molecule has 0 unspecified atom stereocenters. The lowest BCUT2D eigenvalue weighted by atomic mass is 10.3. The minimum atomic E-state index is -3.85. The molecule has 1 fully saturated rings. The molecule has 9 heteroatoms. The molecule has 1 aliphatic rings. The molecular formula is C11H13FN2O4S2. The van der Waals surface area contributed by atoms with Crippen LogP contribution in [-0.2, 0) is 10.0 Å². The van der Waals surface area contributed by atoms with Crippen LogP contribution in [0.1, 0.15) is 12.8 Å². The van der Waals surface area contributed by atoms with Crippen molar-refractivity contribution in [2.45, 2.75) is 22.5 Å². The van der Waals surface area contributed by atoms with Gasteiger partial charge < -0.3 is 0 Å². The number of nitrogens with one attached hydrogen (secondary N) is 1. The number of nitro groups is 1. The first kappa shape index (κ1) is 15.2. The van der Waals surface area contributed by atoms with Crippen LogP contribution in [0, 0.1) is 15.9 Å². The lowest BCUT2D eigenvalue weighted by Crippen LogP contribution is -2.31. The Morgan fingerprint density at radius 3 is 2.60 bits per heavy atom. The Balaban J connectivity index is 2.17. The number of nitro benzene ring substituents is 1. The molecule has 1 saturated carbocycles. The summed E-state index contributed by atoms with van der Waals surface area (Å²) in [6, 6.07) is 2.55. The van der Waals surface area contributed by atoms with E-state index in [0.717, 1.165) is 25.0 Å². The van der Waals surface area contributed by atoms with E-state index in [9.17, 15) is 22.9 Å². The van der Waals surface area contributed by atoms with Crippen molar-refractivity contribution < 1.29 is 17.7 Å². The van der Waals surface area contributed by atoms with Gasteiger partial charge in [0.15, 0.2) is 0 Å². The molecule has 0 radical (unpaired) electrons. The summed E-state index contributed by atoms with van der Waals surface area (Å²) < 4.78 is 39.8. The number of halogens is 1. The molecule has 20 heavy (non-hydrogen) atoms. The topological polar surface area (TPSA) is 89.3 Å². The third-order valence-corrected chi connectivity index (χ3v) is 6.07. The van der Waals surface area contributed by atoms with Gasteiger partial charge in [-0.1, -0.05) is 0 Å². The summed E-state index contributed by atoms with van der Waals surface area (Å²) >= 11 is 1.59. The van der Waals surface area contributed by atoms with Crippen molar-refractivity contribution in [3.63, 3.8) is 0 Å². The smallest absolute Gasteiger partial charge is 0.258 e. The Kier molecular flexibility index (Phi) is 4.03. The molecule has 0 aromatic heterocycles. The maximum Gasteiger partial charge on any atom is 0.304 e. The Bertz CT molecular complexity index is 644. The third kappa shape index (κ3) is 3.10. The van der Waals surface area contributed by atoms with E-state index in [-0.39, 0.29) is 16.2 Å². The van der Waals surface area contributed by atoms with E-state index in [2.05, 4.69) is 4.72 Å². The van der Waals surface area contributed by atoms with Gasteiger partial charge in [-0.2, -0.15) is 16.2 Å². The quantitative estimate of drug-likeness (QED) is 0.639. The van der Waals surface area contributed by atoms with Crippen molar-refractivity contribution in [3.05, 3.63) is 34.1 Å². The minimum Gasteiger partial charge on any atom is -0.258 e. The van der Waals surface area contributed by atoms with Gasteiger partial charge >= 0.3 is 5.69 Å². The highest BCUT2D eigenvalue weighted by atomic mass is 32.2. The molecule has 1 N–H and O–H groups in total. The lowest BCUT2D eigenvalue weighted by molar-refractivity contribution is -0.387. The predicted molar refractivity (Wildman–Crippen MR) is 73.7 cm³/mol. The summed E-state index contributed by atoms with van der Waals surface area (Å²) in [4.78, 5) is 9.28. The molecule has 6 nitrogen and oxygen atoms in total. The SMILES string of the molecule is CSC1(CNS(=O)(=O)c2ccc([N+](=O)[O-])c(F)c2)CC1. The summed E-state index contributed by atoms with van der Waals surface area (Å²) in [5.41, 5.74) is -0.744. The molecule has 0 heterocycles. The molecule has 0 amide bonds. The second kappa shape index (κ2) is 5.30. The Morgan fingerprint density at radius 2 is 2.15 bits per heavy atom. The van der Waals surface area contributed by atoms with E-state index in [1.807, 2.05) is 6.26 Å². The summed E-state index contributed by atoms with van der Waals surface area (Å²) in [7, 11) is -3.85. The normalized spacial score (nSPS) is 16.9. The maximum absolute atomic E-state index is 13.4. The number of benzene rings is 1.